The van der Waals surface area contributed by atoms with E-state index in [4.69, 9.17) is 0 Å². The fourth-order valence-electron chi connectivity index (χ4n) is 5.91. The molecule has 4 heterocycles. The number of hydrogen-bond acceptors (Lipinski definition) is 7. The van der Waals surface area contributed by atoms with Gasteiger partial charge in [0.15, 0.2) is 5.82 Å². The Labute approximate surface area is 185 Å². The van der Waals surface area contributed by atoms with Gasteiger partial charge in [0.05, 0.1) is 23.8 Å². The lowest BCUT2D eigenvalue weighted by molar-refractivity contribution is -0.137. The van der Waals surface area contributed by atoms with Gasteiger partial charge in [0.2, 0.25) is 11.8 Å². The van der Waals surface area contributed by atoms with Gasteiger partial charge in [-0.25, -0.2) is 5.10 Å². The number of likely N-dealkylation sites (tertiary alicyclic amines) is 2. The maximum absolute atomic E-state index is 13.3. The van der Waals surface area contributed by atoms with E-state index in [9.17, 15) is 14.9 Å². The van der Waals surface area contributed by atoms with Crippen molar-refractivity contribution in [3.05, 3.63) is 24.3 Å². The molecular formula is C22H24N8O2. The molecule has 4 fully saturated rings. The summed E-state index contributed by atoms with van der Waals surface area (Å²) >= 11 is 0. The minimum Gasteiger partial charge on any atom is -0.323 e. The van der Waals surface area contributed by atoms with E-state index in [-0.39, 0.29) is 41.9 Å². The highest BCUT2D eigenvalue weighted by atomic mass is 16.2. The number of piperidine rings is 1. The number of anilines is 1. The number of piperazine rings is 1. The van der Waals surface area contributed by atoms with Crippen LogP contribution < -0.4 is 4.90 Å². The van der Waals surface area contributed by atoms with Crippen LogP contribution in [0.2, 0.25) is 0 Å². The molecule has 10 nitrogen and oxygen atoms in total. The average Bonchev–Trinajstić information content (AvgIpc) is 3.25. The van der Waals surface area contributed by atoms with Crippen molar-refractivity contribution < 1.29 is 9.59 Å². The van der Waals surface area contributed by atoms with Crippen LogP contribution in [0.4, 0.5) is 5.69 Å². The number of hydrogen-bond donors (Lipinski definition) is 1. The van der Waals surface area contributed by atoms with E-state index in [0.29, 0.717) is 18.3 Å². The smallest absolute Gasteiger partial charge is 0.244 e. The first kappa shape index (κ1) is 19.4. The van der Waals surface area contributed by atoms with E-state index >= 15 is 0 Å². The molecule has 4 aliphatic rings. The van der Waals surface area contributed by atoms with Crippen molar-refractivity contribution in [2.45, 2.75) is 50.4 Å². The summed E-state index contributed by atoms with van der Waals surface area (Å²) in [4.78, 5) is 32.3. The van der Waals surface area contributed by atoms with Crippen LogP contribution in [0.1, 0.15) is 26.2 Å². The summed E-state index contributed by atoms with van der Waals surface area (Å²) in [6.07, 6.45) is 2.58. The Morgan fingerprint density at radius 3 is 2.91 bits per heavy atom. The lowest BCUT2D eigenvalue weighted by Crippen LogP contribution is -2.53. The summed E-state index contributed by atoms with van der Waals surface area (Å²) in [5.74, 6) is 0.908. The molecule has 0 radical (unpaired) electrons. The molecule has 10 heteroatoms. The first-order chi connectivity index (χ1) is 15.6. The zero-order valence-electron chi connectivity index (χ0n) is 17.8. The van der Waals surface area contributed by atoms with Gasteiger partial charge >= 0.3 is 0 Å². The molecular weight excluding hydrogens is 408 g/mol. The second-order valence-electron chi connectivity index (χ2n) is 9.42. The second-order valence-corrected chi connectivity index (χ2v) is 9.42. The van der Waals surface area contributed by atoms with Crippen LogP contribution in [-0.2, 0) is 9.59 Å². The normalized spacial score (nSPS) is 31.6. The number of tetrazole rings is 1. The minimum atomic E-state index is -0.289. The highest BCUT2D eigenvalue weighted by Crippen LogP contribution is 2.48. The van der Waals surface area contributed by atoms with E-state index in [0.717, 1.165) is 37.1 Å². The van der Waals surface area contributed by atoms with Crippen molar-refractivity contribution in [2.24, 2.45) is 11.8 Å². The highest BCUT2D eigenvalue weighted by molar-refractivity contribution is 6.03. The maximum Gasteiger partial charge on any atom is 0.244 e. The third-order valence-corrected chi connectivity index (χ3v) is 7.47. The summed E-state index contributed by atoms with van der Waals surface area (Å²) in [5.41, 5.74) is 1.60. The zero-order chi connectivity index (χ0) is 22.0. The third kappa shape index (κ3) is 2.84. The number of fused-ring (bicyclic) bond motifs is 3. The number of aromatic amines is 1. The molecule has 1 aliphatic carbocycles. The molecule has 3 saturated heterocycles. The molecule has 1 N–H and O–H groups in total. The van der Waals surface area contributed by atoms with Crippen molar-refractivity contribution in [2.75, 3.05) is 18.0 Å². The molecule has 0 spiro atoms. The van der Waals surface area contributed by atoms with Gasteiger partial charge in [-0.2, -0.15) is 5.26 Å². The lowest BCUT2D eigenvalue weighted by atomic mass is 10.1. The van der Waals surface area contributed by atoms with Gasteiger partial charge in [0.25, 0.3) is 0 Å². The van der Waals surface area contributed by atoms with Crippen molar-refractivity contribution in [3.8, 4) is 17.5 Å². The fourth-order valence-corrected chi connectivity index (χ4v) is 5.91. The summed E-state index contributed by atoms with van der Waals surface area (Å²) in [6.45, 7) is 3.19. The Bertz CT molecular complexity index is 1110. The number of para-hydroxylation sites is 1. The van der Waals surface area contributed by atoms with Crippen LogP contribution in [0.5, 0.6) is 0 Å². The quantitative estimate of drug-likeness (QED) is 0.742. The van der Waals surface area contributed by atoms with Gasteiger partial charge in [-0.1, -0.05) is 19.1 Å². The van der Waals surface area contributed by atoms with Crippen molar-refractivity contribution >= 4 is 17.5 Å². The highest BCUT2D eigenvalue weighted by Gasteiger charge is 2.55. The first-order valence-corrected chi connectivity index (χ1v) is 11.2. The molecule has 1 saturated carbocycles. The number of aromatic nitrogens is 4. The van der Waals surface area contributed by atoms with Gasteiger partial charge in [0.1, 0.15) is 6.04 Å². The number of nitrogens with one attached hydrogen (secondary N) is 1. The number of nitriles is 1. The molecule has 2 amide bonds. The van der Waals surface area contributed by atoms with Crippen LogP contribution in [0.25, 0.3) is 11.4 Å². The fraction of sp³-hybridized carbons (Fsp3) is 0.545. The summed E-state index contributed by atoms with van der Waals surface area (Å²) in [6, 6.07) is 9.72. The Kier molecular flexibility index (Phi) is 4.30. The Morgan fingerprint density at radius 2 is 2.16 bits per heavy atom. The van der Waals surface area contributed by atoms with E-state index in [2.05, 4.69) is 31.6 Å². The minimum absolute atomic E-state index is 0.0526. The molecule has 2 aromatic rings. The molecule has 32 heavy (non-hydrogen) atoms. The number of amides is 2. The number of carbonyl (C=O) groups excluding carboxylic acids is 2. The summed E-state index contributed by atoms with van der Waals surface area (Å²) in [5, 5.41) is 23.5. The predicted octanol–water partition coefficient (Wildman–Crippen LogP) is 0.805. The van der Waals surface area contributed by atoms with Crippen molar-refractivity contribution in [1.29, 1.82) is 5.26 Å². The van der Waals surface area contributed by atoms with Gasteiger partial charge in [-0.15, -0.1) is 5.10 Å². The van der Waals surface area contributed by atoms with E-state index in [1.807, 2.05) is 41.0 Å². The number of benzene rings is 1. The van der Waals surface area contributed by atoms with Gasteiger partial charge < -0.3 is 9.80 Å². The van der Waals surface area contributed by atoms with Crippen LogP contribution >= 0.6 is 0 Å². The van der Waals surface area contributed by atoms with Crippen molar-refractivity contribution in [1.82, 2.24) is 30.4 Å². The molecule has 3 aliphatic heterocycles. The Hall–Kier alpha value is -3.32. The van der Waals surface area contributed by atoms with Crippen molar-refractivity contribution in [3.63, 3.8) is 0 Å². The monoisotopic (exact) mass is 432 g/mol. The summed E-state index contributed by atoms with van der Waals surface area (Å²) in [7, 11) is 0. The molecule has 2 bridgehead atoms. The van der Waals surface area contributed by atoms with E-state index < -0.39 is 0 Å². The lowest BCUT2D eigenvalue weighted by Gasteiger charge is -2.36. The largest absolute Gasteiger partial charge is 0.323 e. The van der Waals surface area contributed by atoms with E-state index in [1.165, 1.54) is 0 Å². The molecule has 164 valence electrons. The Morgan fingerprint density at radius 1 is 1.31 bits per heavy atom. The molecule has 6 rings (SSSR count). The maximum atomic E-state index is 13.3. The summed E-state index contributed by atoms with van der Waals surface area (Å²) < 4.78 is 0. The van der Waals surface area contributed by atoms with Crippen LogP contribution in [0.15, 0.2) is 24.3 Å². The van der Waals surface area contributed by atoms with Gasteiger partial charge in [0, 0.05) is 30.6 Å². The topological polar surface area (TPSA) is 122 Å². The Balaban J connectivity index is 1.17. The average molecular weight is 432 g/mol. The second kappa shape index (κ2) is 7.10. The molecule has 1 aromatic carbocycles. The van der Waals surface area contributed by atoms with E-state index in [1.54, 1.807) is 0 Å². The number of nitrogens with zero attached hydrogens (tertiary/aromatic N) is 7. The van der Waals surface area contributed by atoms with Gasteiger partial charge in [-0.3, -0.25) is 14.5 Å². The standard InChI is InChI=1S/C22H24N8O2/c1-12(21(31)29-14(9-23)6-13-7-18(13)29)10-28-11-15-8-19(28)22(32)30(15)17-5-3-2-4-16(17)20-24-26-27-25-20/h2-5,12-15,18-19H,6-8,10-11H2,1H3,(H,24,25,26,27)/t12-,13+,14-,15-,18?,19-/m0/s1. The van der Waals surface area contributed by atoms with Gasteiger partial charge in [-0.05, 0) is 47.7 Å². The zero-order valence-corrected chi connectivity index (χ0v) is 17.8. The number of rotatable bonds is 5. The number of H-pyrrole nitrogens is 1. The predicted molar refractivity (Wildman–Crippen MR) is 113 cm³/mol. The third-order valence-electron chi connectivity index (χ3n) is 7.47. The van der Waals surface area contributed by atoms with Crippen LogP contribution in [-0.4, -0.2) is 79.5 Å². The van der Waals surface area contributed by atoms with Crippen LogP contribution in [0, 0.1) is 23.2 Å². The molecule has 1 unspecified atom stereocenters. The molecule has 1 aromatic heterocycles. The van der Waals surface area contributed by atoms with Crippen LogP contribution in [0.3, 0.4) is 0 Å². The number of carbonyl (C=O) groups is 2. The molecule has 6 atom stereocenters. The SMILES string of the molecule is C[C@@H](CN1C[C@@H]2C[C@H]1C(=O)N2c1ccccc1-c1nnn[nH]1)C(=O)N1C2C[C@H]2C[C@H]1C#N. The first-order valence-electron chi connectivity index (χ1n) is 11.2.